The smallest absolute Gasteiger partial charge is 0.155 e. The molecule has 4 aromatic rings. The normalized spacial score (nSPS) is 10.9. The zero-order valence-electron chi connectivity index (χ0n) is 13.7. The largest absolute Gasteiger partial charge is 0.259 e. The summed E-state index contributed by atoms with van der Waals surface area (Å²) in [6, 6.07) is 20.0. The minimum atomic E-state index is 0.790. The Kier molecular flexibility index (Phi) is 4.33. The van der Waals surface area contributed by atoms with Crippen molar-refractivity contribution in [2.24, 2.45) is 0 Å². The van der Waals surface area contributed by atoms with Crippen molar-refractivity contribution in [2.45, 2.75) is 19.3 Å². The van der Waals surface area contributed by atoms with Gasteiger partial charge in [0.15, 0.2) is 23.3 Å². The quantitative estimate of drug-likeness (QED) is 0.567. The molecule has 0 aliphatic heterocycles. The van der Waals surface area contributed by atoms with E-state index in [9.17, 15) is 0 Å². The lowest BCUT2D eigenvalue weighted by atomic mass is 10.2. The molecular formula is C19H18N6. The van der Waals surface area contributed by atoms with E-state index in [-0.39, 0.29) is 0 Å². The molecule has 25 heavy (non-hydrogen) atoms. The Hall–Kier alpha value is -3.28. The van der Waals surface area contributed by atoms with Crippen molar-refractivity contribution in [1.82, 2.24) is 30.4 Å². The number of rotatable bonds is 6. The van der Waals surface area contributed by atoms with Crippen molar-refractivity contribution in [3.05, 3.63) is 72.3 Å². The van der Waals surface area contributed by atoms with Crippen LogP contribution in [0.2, 0.25) is 0 Å². The topological polar surface area (TPSA) is 83.1 Å². The third-order valence-corrected chi connectivity index (χ3v) is 3.96. The van der Waals surface area contributed by atoms with E-state index < -0.39 is 0 Å². The van der Waals surface area contributed by atoms with E-state index in [1.807, 2.05) is 60.7 Å². The lowest BCUT2D eigenvalue weighted by Gasteiger charge is -1.95. The summed E-state index contributed by atoms with van der Waals surface area (Å²) in [5, 5.41) is 14.6. The molecule has 2 aromatic heterocycles. The van der Waals surface area contributed by atoms with Gasteiger partial charge in [-0.25, -0.2) is 9.97 Å². The minimum absolute atomic E-state index is 0.790. The standard InChI is InChI=1S/C19H18N6/c1-3-8-14(9-4-1)18-20-16(22-24-18)12-7-13-17-21-19(25-23-17)15-10-5-2-6-11-15/h1-6,8-11H,7,12-13H2,(H,20,22,24)(H,21,23,25). The molecule has 4 rings (SSSR count). The molecule has 0 spiro atoms. The average Bonchev–Trinajstić information content (AvgIpc) is 3.33. The van der Waals surface area contributed by atoms with Gasteiger partial charge in [0.25, 0.3) is 0 Å². The fraction of sp³-hybridized carbons (Fsp3) is 0.158. The number of H-pyrrole nitrogens is 2. The second-order valence-corrected chi connectivity index (χ2v) is 5.79. The predicted molar refractivity (Wildman–Crippen MR) is 95.7 cm³/mol. The minimum Gasteiger partial charge on any atom is -0.259 e. The highest BCUT2D eigenvalue weighted by molar-refractivity contribution is 5.54. The first kappa shape index (κ1) is 15.3. The number of aromatic amines is 2. The Morgan fingerprint density at radius 3 is 1.48 bits per heavy atom. The molecular weight excluding hydrogens is 312 g/mol. The number of aromatic nitrogens is 6. The lowest BCUT2D eigenvalue weighted by molar-refractivity contribution is 0.744. The molecule has 124 valence electrons. The van der Waals surface area contributed by atoms with Crippen LogP contribution >= 0.6 is 0 Å². The molecule has 0 amide bonds. The number of aryl methyl sites for hydroxylation is 2. The number of nitrogens with one attached hydrogen (secondary N) is 2. The maximum absolute atomic E-state index is 4.55. The van der Waals surface area contributed by atoms with Gasteiger partial charge in [-0.05, 0) is 6.42 Å². The number of hydrogen-bond acceptors (Lipinski definition) is 4. The van der Waals surface area contributed by atoms with Crippen molar-refractivity contribution in [2.75, 3.05) is 0 Å². The van der Waals surface area contributed by atoms with Crippen molar-refractivity contribution >= 4 is 0 Å². The molecule has 2 heterocycles. The van der Waals surface area contributed by atoms with Crippen LogP contribution in [0.5, 0.6) is 0 Å². The van der Waals surface area contributed by atoms with Gasteiger partial charge in [0.2, 0.25) is 0 Å². The van der Waals surface area contributed by atoms with Gasteiger partial charge in [0.1, 0.15) is 0 Å². The summed E-state index contributed by atoms with van der Waals surface area (Å²) in [5.41, 5.74) is 2.09. The fourth-order valence-corrected chi connectivity index (χ4v) is 2.67. The third-order valence-electron chi connectivity index (χ3n) is 3.96. The highest BCUT2D eigenvalue weighted by atomic mass is 15.2. The number of benzene rings is 2. The average molecular weight is 330 g/mol. The SMILES string of the molecule is c1ccc(-c2nc(CCCc3n[nH]c(-c4ccccc4)n3)n[nH]2)cc1. The summed E-state index contributed by atoms with van der Waals surface area (Å²) in [6.07, 6.45) is 2.48. The first-order valence-electron chi connectivity index (χ1n) is 8.32. The summed E-state index contributed by atoms with van der Waals surface area (Å²) in [6.45, 7) is 0. The molecule has 0 aliphatic carbocycles. The highest BCUT2D eigenvalue weighted by Crippen LogP contribution is 2.15. The van der Waals surface area contributed by atoms with Gasteiger partial charge in [0.05, 0.1) is 0 Å². The molecule has 0 radical (unpaired) electrons. The van der Waals surface area contributed by atoms with Crippen molar-refractivity contribution in [3.8, 4) is 22.8 Å². The summed E-state index contributed by atoms with van der Waals surface area (Å²) < 4.78 is 0. The molecule has 2 N–H and O–H groups in total. The van der Waals surface area contributed by atoms with Gasteiger partial charge in [-0.2, -0.15) is 10.2 Å². The van der Waals surface area contributed by atoms with Crippen LogP contribution in [0, 0.1) is 0 Å². The van der Waals surface area contributed by atoms with Crippen LogP contribution in [-0.2, 0) is 12.8 Å². The Labute approximate surface area is 145 Å². The summed E-state index contributed by atoms with van der Waals surface area (Å²) >= 11 is 0. The maximum atomic E-state index is 4.55. The summed E-state index contributed by atoms with van der Waals surface area (Å²) in [7, 11) is 0. The van der Waals surface area contributed by atoms with E-state index in [4.69, 9.17) is 0 Å². The summed E-state index contributed by atoms with van der Waals surface area (Å²) in [5.74, 6) is 3.25. The summed E-state index contributed by atoms with van der Waals surface area (Å²) in [4.78, 5) is 9.10. The monoisotopic (exact) mass is 330 g/mol. The number of nitrogens with zero attached hydrogens (tertiary/aromatic N) is 4. The van der Waals surface area contributed by atoms with Crippen LogP contribution in [0.25, 0.3) is 22.8 Å². The molecule has 0 bridgehead atoms. The molecule has 0 unspecified atom stereocenters. The second kappa shape index (κ2) is 7.09. The van der Waals surface area contributed by atoms with Crippen LogP contribution in [0.4, 0.5) is 0 Å². The number of hydrogen-bond donors (Lipinski definition) is 2. The molecule has 6 heteroatoms. The van der Waals surface area contributed by atoms with E-state index in [0.29, 0.717) is 0 Å². The molecule has 0 saturated carbocycles. The molecule has 0 saturated heterocycles. The highest BCUT2D eigenvalue weighted by Gasteiger charge is 2.08. The van der Waals surface area contributed by atoms with Crippen LogP contribution in [0.1, 0.15) is 18.1 Å². The van der Waals surface area contributed by atoms with Crippen LogP contribution in [0.15, 0.2) is 60.7 Å². The Balaban J connectivity index is 1.34. The molecule has 0 aliphatic rings. The van der Waals surface area contributed by atoms with Crippen LogP contribution in [-0.4, -0.2) is 30.4 Å². The van der Waals surface area contributed by atoms with Crippen molar-refractivity contribution in [1.29, 1.82) is 0 Å². The Morgan fingerprint density at radius 1 is 0.600 bits per heavy atom. The second-order valence-electron chi connectivity index (χ2n) is 5.79. The van der Waals surface area contributed by atoms with Gasteiger partial charge >= 0.3 is 0 Å². The van der Waals surface area contributed by atoms with Gasteiger partial charge in [-0.1, -0.05) is 60.7 Å². The molecule has 6 nitrogen and oxygen atoms in total. The Bertz CT molecular complexity index is 849. The van der Waals surface area contributed by atoms with Crippen LogP contribution in [0.3, 0.4) is 0 Å². The van der Waals surface area contributed by atoms with Crippen LogP contribution < -0.4 is 0 Å². The van der Waals surface area contributed by atoms with E-state index in [1.165, 1.54) is 0 Å². The molecule has 0 fully saturated rings. The van der Waals surface area contributed by atoms with Crippen molar-refractivity contribution in [3.63, 3.8) is 0 Å². The van der Waals surface area contributed by atoms with Gasteiger partial charge in [0, 0.05) is 24.0 Å². The van der Waals surface area contributed by atoms with Crippen molar-refractivity contribution < 1.29 is 0 Å². The zero-order chi connectivity index (χ0) is 16.9. The maximum Gasteiger partial charge on any atom is 0.155 e. The fourth-order valence-electron chi connectivity index (χ4n) is 2.67. The van der Waals surface area contributed by atoms with E-state index in [1.54, 1.807) is 0 Å². The zero-order valence-corrected chi connectivity index (χ0v) is 13.7. The third kappa shape index (κ3) is 3.63. The van der Waals surface area contributed by atoms with E-state index in [2.05, 4.69) is 30.4 Å². The first-order valence-corrected chi connectivity index (χ1v) is 8.32. The van der Waals surface area contributed by atoms with Gasteiger partial charge in [-0.15, -0.1) is 0 Å². The first-order chi connectivity index (χ1) is 12.4. The van der Waals surface area contributed by atoms with E-state index >= 15 is 0 Å². The van der Waals surface area contributed by atoms with Gasteiger partial charge < -0.3 is 0 Å². The lowest BCUT2D eigenvalue weighted by Crippen LogP contribution is -1.94. The predicted octanol–water partition coefficient (Wildman–Crippen LogP) is 3.43. The van der Waals surface area contributed by atoms with E-state index in [0.717, 1.165) is 53.7 Å². The molecule has 2 aromatic carbocycles. The Morgan fingerprint density at radius 2 is 1.04 bits per heavy atom. The van der Waals surface area contributed by atoms with Gasteiger partial charge in [-0.3, -0.25) is 10.2 Å². The molecule has 0 atom stereocenters.